The minimum absolute atomic E-state index is 0.118. The SMILES string of the molecule is C=C(C)CN(CC)CC(=O)Nc1cccc(Cl)c1Cl. The summed E-state index contributed by atoms with van der Waals surface area (Å²) in [5.74, 6) is -0.118. The third-order valence-corrected chi connectivity index (χ3v) is 3.35. The van der Waals surface area contributed by atoms with Crippen LogP contribution in [0.1, 0.15) is 13.8 Å². The van der Waals surface area contributed by atoms with E-state index in [2.05, 4.69) is 11.9 Å². The van der Waals surface area contributed by atoms with Gasteiger partial charge in [-0.15, -0.1) is 0 Å². The lowest BCUT2D eigenvalue weighted by molar-refractivity contribution is -0.117. The second-order valence-corrected chi connectivity index (χ2v) is 5.20. The first-order valence-electron chi connectivity index (χ1n) is 6.04. The van der Waals surface area contributed by atoms with Crippen LogP contribution in [-0.2, 0) is 4.79 Å². The Balaban J connectivity index is 2.64. The molecule has 104 valence electrons. The summed E-state index contributed by atoms with van der Waals surface area (Å²) in [4.78, 5) is 13.9. The van der Waals surface area contributed by atoms with Gasteiger partial charge in [-0.2, -0.15) is 0 Å². The minimum atomic E-state index is -0.118. The molecule has 0 atom stereocenters. The van der Waals surface area contributed by atoms with Crippen LogP contribution in [0.2, 0.25) is 10.0 Å². The minimum Gasteiger partial charge on any atom is -0.324 e. The average molecular weight is 301 g/mol. The van der Waals surface area contributed by atoms with Crippen LogP contribution >= 0.6 is 23.2 Å². The van der Waals surface area contributed by atoms with Gasteiger partial charge in [0, 0.05) is 6.54 Å². The predicted molar refractivity (Wildman–Crippen MR) is 82.0 cm³/mol. The van der Waals surface area contributed by atoms with Crippen LogP contribution in [0, 0.1) is 0 Å². The highest BCUT2D eigenvalue weighted by Crippen LogP contribution is 2.29. The first-order valence-corrected chi connectivity index (χ1v) is 6.80. The second-order valence-electron chi connectivity index (χ2n) is 4.41. The Kier molecular flexibility index (Phi) is 6.35. The van der Waals surface area contributed by atoms with E-state index in [4.69, 9.17) is 23.2 Å². The first-order chi connectivity index (χ1) is 8.93. The molecule has 0 aliphatic heterocycles. The van der Waals surface area contributed by atoms with Crippen molar-refractivity contribution in [2.45, 2.75) is 13.8 Å². The van der Waals surface area contributed by atoms with E-state index in [-0.39, 0.29) is 5.91 Å². The molecule has 0 saturated carbocycles. The normalized spacial score (nSPS) is 10.6. The number of carbonyl (C=O) groups excluding carboxylic acids is 1. The Morgan fingerprint density at radius 1 is 1.37 bits per heavy atom. The molecule has 3 nitrogen and oxygen atoms in total. The molecule has 0 aliphatic rings. The zero-order chi connectivity index (χ0) is 14.4. The molecule has 0 aliphatic carbocycles. The van der Waals surface area contributed by atoms with Crippen LogP contribution in [0.15, 0.2) is 30.4 Å². The van der Waals surface area contributed by atoms with Gasteiger partial charge in [0.05, 0.1) is 22.3 Å². The molecule has 1 N–H and O–H groups in total. The van der Waals surface area contributed by atoms with E-state index in [0.717, 1.165) is 12.1 Å². The summed E-state index contributed by atoms with van der Waals surface area (Å²) in [5, 5.41) is 3.55. The van der Waals surface area contributed by atoms with E-state index in [1.165, 1.54) is 0 Å². The van der Waals surface area contributed by atoms with Gasteiger partial charge >= 0.3 is 0 Å². The first kappa shape index (κ1) is 16.0. The van der Waals surface area contributed by atoms with Crippen LogP contribution in [0.4, 0.5) is 5.69 Å². The number of halogens is 2. The van der Waals surface area contributed by atoms with Crippen molar-refractivity contribution in [3.63, 3.8) is 0 Å². The fourth-order valence-corrected chi connectivity index (χ4v) is 2.00. The van der Waals surface area contributed by atoms with Gasteiger partial charge in [0.1, 0.15) is 0 Å². The predicted octanol–water partition coefficient (Wildman–Crippen LogP) is 3.83. The second kappa shape index (κ2) is 7.53. The molecule has 0 fully saturated rings. The molecule has 5 heteroatoms. The van der Waals surface area contributed by atoms with Crippen LogP contribution in [0.25, 0.3) is 0 Å². The number of benzene rings is 1. The highest BCUT2D eigenvalue weighted by atomic mass is 35.5. The molecule has 0 saturated heterocycles. The van der Waals surface area contributed by atoms with Crippen LogP contribution in [-0.4, -0.2) is 30.4 Å². The monoisotopic (exact) mass is 300 g/mol. The molecular formula is C14H18Cl2N2O. The largest absolute Gasteiger partial charge is 0.324 e. The topological polar surface area (TPSA) is 32.3 Å². The molecule has 0 aromatic heterocycles. The van der Waals surface area contributed by atoms with Gasteiger partial charge in [-0.1, -0.05) is 48.3 Å². The van der Waals surface area contributed by atoms with E-state index in [9.17, 15) is 4.79 Å². The number of rotatable bonds is 6. The van der Waals surface area contributed by atoms with Crippen LogP contribution < -0.4 is 5.32 Å². The third kappa shape index (κ3) is 5.23. The van der Waals surface area contributed by atoms with Gasteiger partial charge < -0.3 is 5.32 Å². The Bertz CT molecular complexity index is 475. The number of amides is 1. The van der Waals surface area contributed by atoms with Gasteiger partial charge in [-0.3, -0.25) is 9.69 Å². The number of nitrogens with one attached hydrogen (secondary N) is 1. The molecular weight excluding hydrogens is 283 g/mol. The van der Waals surface area contributed by atoms with Crippen molar-refractivity contribution in [3.05, 3.63) is 40.4 Å². The maximum atomic E-state index is 11.9. The lowest BCUT2D eigenvalue weighted by Crippen LogP contribution is -2.34. The lowest BCUT2D eigenvalue weighted by atomic mass is 10.3. The standard InChI is InChI=1S/C14H18Cl2N2O/c1-4-18(8-10(2)3)9-13(19)17-12-7-5-6-11(15)14(12)16/h5-7H,2,4,8-9H2,1,3H3,(H,17,19). The molecule has 1 aromatic carbocycles. The number of carbonyl (C=O) groups is 1. The van der Waals surface area contributed by atoms with Gasteiger partial charge in [0.15, 0.2) is 0 Å². The van der Waals surface area contributed by atoms with Crippen molar-refractivity contribution in [1.29, 1.82) is 0 Å². The summed E-state index contributed by atoms with van der Waals surface area (Å²) in [5.41, 5.74) is 1.56. The number of likely N-dealkylation sites (N-methyl/N-ethyl adjacent to an activating group) is 1. The summed E-state index contributed by atoms with van der Waals surface area (Å²) in [6.07, 6.45) is 0. The maximum absolute atomic E-state index is 11.9. The highest BCUT2D eigenvalue weighted by molar-refractivity contribution is 6.43. The molecule has 19 heavy (non-hydrogen) atoms. The van der Waals surface area contributed by atoms with Crippen molar-refractivity contribution < 1.29 is 4.79 Å². The zero-order valence-corrected chi connectivity index (χ0v) is 12.7. The number of nitrogens with zero attached hydrogens (tertiary/aromatic N) is 1. The Morgan fingerprint density at radius 2 is 2.05 bits per heavy atom. The molecule has 0 spiro atoms. The third-order valence-electron chi connectivity index (χ3n) is 2.53. The van der Waals surface area contributed by atoms with Crippen molar-refractivity contribution in [2.75, 3.05) is 25.0 Å². The van der Waals surface area contributed by atoms with Crippen molar-refractivity contribution >= 4 is 34.8 Å². The summed E-state index contributed by atoms with van der Waals surface area (Å²) in [6.45, 7) is 9.57. The van der Waals surface area contributed by atoms with Gasteiger partial charge in [0.2, 0.25) is 5.91 Å². The van der Waals surface area contributed by atoms with Crippen molar-refractivity contribution in [1.82, 2.24) is 4.90 Å². The number of hydrogen-bond donors (Lipinski definition) is 1. The summed E-state index contributed by atoms with van der Waals surface area (Å²) >= 11 is 11.9. The molecule has 1 aromatic rings. The molecule has 0 unspecified atom stereocenters. The Morgan fingerprint density at radius 3 is 2.63 bits per heavy atom. The molecule has 1 amide bonds. The number of hydrogen-bond acceptors (Lipinski definition) is 2. The van der Waals surface area contributed by atoms with E-state index < -0.39 is 0 Å². The molecule has 0 radical (unpaired) electrons. The van der Waals surface area contributed by atoms with Crippen LogP contribution in [0.3, 0.4) is 0 Å². The van der Waals surface area contributed by atoms with E-state index >= 15 is 0 Å². The fourth-order valence-electron chi connectivity index (χ4n) is 1.65. The Labute approximate surface area is 124 Å². The molecule has 1 rings (SSSR count). The van der Waals surface area contributed by atoms with Crippen LogP contribution in [0.5, 0.6) is 0 Å². The molecule has 0 heterocycles. The summed E-state index contributed by atoms with van der Waals surface area (Å²) in [6, 6.07) is 5.15. The Hall–Kier alpha value is -1.03. The maximum Gasteiger partial charge on any atom is 0.238 e. The highest BCUT2D eigenvalue weighted by Gasteiger charge is 2.11. The average Bonchev–Trinajstić information content (AvgIpc) is 2.33. The fraction of sp³-hybridized carbons (Fsp3) is 0.357. The van der Waals surface area contributed by atoms with Gasteiger partial charge in [0.25, 0.3) is 0 Å². The smallest absolute Gasteiger partial charge is 0.238 e. The lowest BCUT2D eigenvalue weighted by Gasteiger charge is -2.20. The molecule has 0 bridgehead atoms. The van der Waals surface area contributed by atoms with E-state index in [1.807, 2.05) is 18.7 Å². The van der Waals surface area contributed by atoms with Gasteiger partial charge in [-0.25, -0.2) is 0 Å². The quantitative estimate of drug-likeness (QED) is 0.810. The number of anilines is 1. The zero-order valence-electron chi connectivity index (χ0n) is 11.2. The van der Waals surface area contributed by atoms with Crippen molar-refractivity contribution in [2.24, 2.45) is 0 Å². The van der Waals surface area contributed by atoms with Crippen molar-refractivity contribution in [3.8, 4) is 0 Å². The van der Waals surface area contributed by atoms with E-state index in [1.54, 1.807) is 18.2 Å². The van der Waals surface area contributed by atoms with Gasteiger partial charge in [-0.05, 0) is 25.6 Å². The summed E-state index contributed by atoms with van der Waals surface area (Å²) < 4.78 is 0. The van der Waals surface area contributed by atoms with E-state index in [0.29, 0.717) is 28.8 Å². The summed E-state index contributed by atoms with van der Waals surface area (Å²) in [7, 11) is 0.